The minimum Gasteiger partial charge on any atom is -0.453 e. The Balaban J connectivity index is 1.28. The molecule has 2 amide bonds. The summed E-state index contributed by atoms with van der Waals surface area (Å²) in [6.07, 6.45) is 8.79. The van der Waals surface area contributed by atoms with E-state index < -0.39 is 0 Å². The first-order chi connectivity index (χ1) is 18.9. The molecule has 2 fully saturated rings. The van der Waals surface area contributed by atoms with Gasteiger partial charge in [-0.2, -0.15) is 0 Å². The van der Waals surface area contributed by atoms with Crippen molar-refractivity contribution in [2.45, 2.75) is 62.9 Å². The molecule has 0 radical (unpaired) electrons. The lowest BCUT2D eigenvalue weighted by Crippen LogP contribution is -2.43. The normalized spacial score (nSPS) is 20.0. The van der Waals surface area contributed by atoms with Gasteiger partial charge in [0.05, 0.1) is 7.11 Å². The molecule has 0 spiro atoms. The van der Waals surface area contributed by atoms with Gasteiger partial charge in [-0.3, -0.25) is 4.79 Å². The molecular weight excluding hydrogens is 488 g/mol. The van der Waals surface area contributed by atoms with E-state index >= 15 is 0 Å². The van der Waals surface area contributed by atoms with Gasteiger partial charge in [0.1, 0.15) is 5.82 Å². The number of rotatable bonds is 7. The van der Waals surface area contributed by atoms with Crippen molar-refractivity contribution in [2.75, 3.05) is 19.5 Å². The summed E-state index contributed by atoms with van der Waals surface area (Å²) in [5, 5.41) is 3.03. The van der Waals surface area contributed by atoms with E-state index in [4.69, 9.17) is 10.5 Å². The van der Waals surface area contributed by atoms with Gasteiger partial charge in [-0.05, 0) is 79.2 Å². The molecular formula is C32H38N4O3. The second-order valence-electron chi connectivity index (χ2n) is 11.1. The minimum absolute atomic E-state index is 0.0304. The van der Waals surface area contributed by atoms with E-state index in [1.165, 1.54) is 19.1 Å². The van der Waals surface area contributed by atoms with Gasteiger partial charge in [0, 0.05) is 36.8 Å². The van der Waals surface area contributed by atoms with Crippen LogP contribution in [0.4, 0.5) is 10.6 Å². The number of carbonyl (C=O) groups excluding carboxylic acids is 2. The number of nitrogens with one attached hydrogen (secondary N) is 1. The zero-order chi connectivity index (χ0) is 27.4. The predicted octanol–water partition coefficient (Wildman–Crippen LogP) is 6.34. The zero-order valence-corrected chi connectivity index (χ0v) is 22.9. The van der Waals surface area contributed by atoms with Crippen molar-refractivity contribution in [2.24, 2.45) is 11.7 Å². The Morgan fingerprint density at radius 1 is 1.00 bits per heavy atom. The van der Waals surface area contributed by atoms with Gasteiger partial charge >= 0.3 is 6.09 Å². The highest BCUT2D eigenvalue weighted by Gasteiger charge is 2.34. The van der Waals surface area contributed by atoms with Crippen LogP contribution in [0, 0.1) is 5.92 Å². The Bertz CT molecular complexity index is 1300. The van der Waals surface area contributed by atoms with Crippen LogP contribution in [0.1, 0.15) is 56.9 Å². The summed E-state index contributed by atoms with van der Waals surface area (Å²) in [4.78, 5) is 31.1. The van der Waals surface area contributed by atoms with Gasteiger partial charge in [0.15, 0.2) is 0 Å². The molecule has 1 heterocycles. The number of carbonyl (C=O) groups is 2. The SMILES string of the molecule is COC(=O)N(C)C1CCC(CC(=O)Nc2cc(-c3ccccc3)c(-c3ccc(C4(N)CCC4)cc3)cn2)CC1. The van der Waals surface area contributed by atoms with Gasteiger partial charge in [0.25, 0.3) is 0 Å². The van der Waals surface area contributed by atoms with Crippen LogP contribution in [-0.4, -0.2) is 42.1 Å². The van der Waals surface area contributed by atoms with Crippen molar-refractivity contribution >= 4 is 17.8 Å². The molecule has 2 aliphatic rings. The number of hydrogen-bond acceptors (Lipinski definition) is 5. The lowest BCUT2D eigenvalue weighted by atomic mass is 9.72. The maximum atomic E-state index is 13.0. The van der Waals surface area contributed by atoms with Crippen molar-refractivity contribution in [3.05, 3.63) is 72.4 Å². The van der Waals surface area contributed by atoms with E-state index in [2.05, 4.69) is 46.7 Å². The number of hydrogen-bond donors (Lipinski definition) is 2. The third-order valence-corrected chi connectivity index (χ3v) is 8.57. The first-order valence-corrected chi connectivity index (χ1v) is 13.9. The van der Waals surface area contributed by atoms with Crippen molar-refractivity contribution in [1.82, 2.24) is 9.88 Å². The highest BCUT2D eigenvalue weighted by Crippen LogP contribution is 2.40. The fourth-order valence-electron chi connectivity index (χ4n) is 5.92. The van der Waals surface area contributed by atoms with Crippen LogP contribution in [0.15, 0.2) is 66.9 Å². The van der Waals surface area contributed by atoms with E-state index in [1.807, 2.05) is 30.5 Å². The maximum absolute atomic E-state index is 13.0. The molecule has 39 heavy (non-hydrogen) atoms. The molecule has 0 bridgehead atoms. The smallest absolute Gasteiger partial charge is 0.409 e. The highest BCUT2D eigenvalue weighted by atomic mass is 16.5. The lowest BCUT2D eigenvalue weighted by molar-refractivity contribution is -0.117. The van der Waals surface area contributed by atoms with E-state index in [1.54, 1.807) is 11.9 Å². The van der Waals surface area contributed by atoms with Gasteiger partial charge < -0.3 is 20.7 Å². The molecule has 2 aliphatic carbocycles. The molecule has 204 valence electrons. The van der Waals surface area contributed by atoms with Gasteiger partial charge in [-0.1, -0.05) is 54.6 Å². The Kier molecular flexibility index (Phi) is 7.98. The number of anilines is 1. The second kappa shape index (κ2) is 11.6. The summed E-state index contributed by atoms with van der Waals surface area (Å²) in [6, 6.07) is 20.8. The Morgan fingerprint density at radius 2 is 1.67 bits per heavy atom. The third kappa shape index (κ3) is 5.98. The second-order valence-corrected chi connectivity index (χ2v) is 11.1. The van der Waals surface area contributed by atoms with Crippen LogP contribution in [0.5, 0.6) is 0 Å². The van der Waals surface area contributed by atoms with Crippen LogP contribution in [0.2, 0.25) is 0 Å². The fourth-order valence-corrected chi connectivity index (χ4v) is 5.92. The number of amides is 2. The van der Waals surface area contributed by atoms with Crippen LogP contribution in [0.25, 0.3) is 22.3 Å². The Hall–Kier alpha value is -3.71. The first kappa shape index (κ1) is 26.9. The minimum atomic E-state index is -0.308. The average Bonchev–Trinajstić information content (AvgIpc) is 2.96. The van der Waals surface area contributed by atoms with E-state index in [0.29, 0.717) is 18.2 Å². The molecule has 5 rings (SSSR count). The summed E-state index contributed by atoms with van der Waals surface area (Å²) in [5.74, 6) is 0.811. The van der Waals surface area contributed by atoms with Gasteiger partial charge in [-0.15, -0.1) is 0 Å². The summed E-state index contributed by atoms with van der Waals surface area (Å²) in [5.41, 5.74) is 11.7. The molecule has 7 nitrogen and oxygen atoms in total. The number of benzene rings is 2. The number of nitrogens with two attached hydrogens (primary N) is 1. The average molecular weight is 527 g/mol. The van der Waals surface area contributed by atoms with E-state index in [-0.39, 0.29) is 23.6 Å². The first-order valence-electron chi connectivity index (χ1n) is 13.9. The number of methoxy groups -OCH3 is 1. The molecule has 0 atom stereocenters. The van der Waals surface area contributed by atoms with E-state index in [9.17, 15) is 9.59 Å². The molecule has 0 saturated heterocycles. The quantitative estimate of drug-likeness (QED) is 0.374. The molecule has 7 heteroatoms. The molecule has 3 N–H and O–H groups in total. The van der Waals surface area contributed by atoms with Crippen LogP contribution < -0.4 is 11.1 Å². The van der Waals surface area contributed by atoms with Crippen molar-refractivity contribution in [3.63, 3.8) is 0 Å². The van der Waals surface area contributed by atoms with Gasteiger partial charge in [-0.25, -0.2) is 9.78 Å². The topological polar surface area (TPSA) is 97.5 Å². The summed E-state index contributed by atoms with van der Waals surface area (Å²) >= 11 is 0. The number of pyridine rings is 1. The monoisotopic (exact) mass is 526 g/mol. The lowest BCUT2D eigenvalue weighted by Gasteiger charge is -2.38. The third-order valence-electron chi connectivity index (χ3n) is 8.57. The van der Waals surface area contributed by atoms with Crippen molar-refractivity contribution in [1.29, 1.82) is 0 Å². The van der Waals surface area contributed by atoms with Crippen LogP contribution >= 0.6 is 0 Å². The van der Waals surface area contributed by atoms with Crippen molar-refractivity contribution < 1.29 is 14.3 Å². The summed E-state index contributed by atoms with van der Waals surface area (Å²) in [6.45, 7) is 0. The summed E-state index contributed by atoms with van der Waals surface area (Å²) in [7, 11) is 3.18. The highest BCUT2D eigenvalue weighted by molar-refractivity contribution is 5.92. The molecule has 2 aromatic carbocycles. The molecule has 2 saturated carbocycles. The largest absolute Gasteiger partial charge is 0.453 e. The number of aromatic nitrogens is 1. The Morgan fingerprint density at radius 3 is 2.28 bits per heavy atom. The van der Waals surface area contributed by atoms with Crippen LogP contribution in [0.3, 0.4) is 0 Å². The molecule has 3 aromatic rings. The van der Waals surface area contributed by atoms with E-state index in [0.717, 1.165) is 60.8 Å². The van der Waals surface area contributed by atoms with Crippen molar-refractivity contribution in [3.8, 4) is 22.3 Å². The molecule has 0 unspecified atom stereocenters. The molecule has 0 aliphatic heterocycles. The van der Waals surface area contributed by atoms with Gasteiger partial charge in [0.2, 0.25) is 5.91 Å². The Labute approximate surface area is 230 Å². The van der Waals surface area contributed by atoms with Crippen LogP contribution in [-0.2, 0) is 15.1 Å². The zero-order valence-electron chi connectivity index (χ0n) is 22.9. The number of ether oxygens (including phenoxy) is 1. The molecule has 1 aromatic heterocycles. The summed E-state index contributed by atoms with van der Waals surface area (Å²) < 4.78 is 4.84. The number of nitrogens with zero attached hydrogens (tertiary/aromatic N) is 2. The predicted molar refractivity (Wildman–Crippen MR) is 154 cm³/mol. The standard InChI is InChI=1S/C32H38N4O3/c1-36(31(38)39-2)26-15-9-22(10-16-26)19-30(37)35-29-20-27(23-7-4-3-5-8-23)28(21-34-29)24-11-13-25(14-12-24)32(33)17-6-18-32/h3-5,7-8,11-14,20-22,26H,6,9-10,15-19,33H2,1-2H3,(H,34,35,37). The maximum Gasteiger partial charge on any atom is 0.409 e. The fraction of sp³-hybridized carbons (Fsp3) is 0.406.